The van der Waals surface area contributed by atoms with Crippen molar-refractivity contribution in [1.29, 1.82) is 0 Å². The molecule has 0 fully saturated rings. The topological polar surface area (TPSA) is 50.8 Å². The number of hydrogen-bond donors (Lipinski definition) is 1. The van der Waals surface area contributed by atoms with Crippen LogP contribution in [0.1, 0.15) is 12.5 Å². The second-order valence-corrected chi connectivity index (χ2v) is 6.15. The fourth-order valence-electron chi connectivity index (χ4n) is 2.45. The van der Waals surface area contributed by atoms with Crippen LogP contribution in [0.2, 0.25) is 5.02 Å². The average molecular weight is 347 g/mol. The smallest absolute Gasteiger partial charge is 0.241 e. The number of nitrogens with one attached hydrogen (secondary N) is 1. The largest absolute Gasteiger partial charge is 0.454 e. The Kier molecular flexibility index (Phi) is 4.92. The molecule has 126 valence electrons. The molecule has 24 heavy (non-hydrogen) atoms. The molecule has 0 saturated carbocycles. The van der Waals surface area contributed by atoms with Crippen molar-refractivity contribution in [1.82, 2.24) is 4.90 Å². The second-order valence-electron chi connectivity index (χ2n) is 5.74. The predicted octanol–water partition coefficient (Wildman–Crippen LogP) is 3.53. The monoisotopic (exact) mass is 346 g/mol. The molecule has 1 heterocycles. The Labute approximate surface area is 146 Å². The van der Waals surface area contributed by atoms with Crippen LogP contribution in [0.15, 0.2) is 42.5 Å². The van der Waals surface area contributed by atoms with Gasteiger partial charge in [-0.3, -0.25) is 9.69 Å². The summed E-state index contributed by atoms with van der Waals surface area (Å²) < 4.78 is 10.6. The van der Waals surface area contributed by atoms with Crippen LogP contribution in [0.4, 0.5) is 5.69 Å². The van der Waals surface area contributed by atoms with Gasteiger partial charge in [0.1, 0.15) is 0 Å². The number of halogens is 1. The molecule has 0 radical (unpaired) electrons. The average Bonchev–Trinajstić information content (AvgIpc) is 3.03. The van der Waals surface area contributed by atoms with Crippen molar-refractivity contribution in [3.63, 3.8) is 0 Å². The molecule has 2 aromatic rings. The zero-order valence-corrected chi connectivity index (χ0v) is 14.3. The highest BCUT2D eigenvalue weighted by Gasteiger charge is 2.20. The lowest BCUT2D eigenvalue weighted by molar-refractivity contribution is -0.120. The Hall–Kier alpha value is -2.24. The molecule has 1 aliphatic rings. The van der Waals surface area contributed by atoms with E-state index in [1.165, 1.54) is 0 Å². The Balaban J connectivity index is 1.63. The van der Waals surface area contributed by atoms with Crippen LogP contribution < -0.4 is 14.8 Å². The quantitative estimate of drug-likeness (QED) is 0.899. The molecular formula is C18H19ClN2O3. The number of hydrogen-bond acceptors (Lipinski definition) is 4. The van der Waals surface area contributed by atoms with Crippen molar-refractivity contribution in [2.75, 3.05) is 19.2 Å². The van der Waals surface area contributed by atoms with Crippen LogP contribution in [0, 0.1) is 0 Å². The number of anilines is 1. The molecule has 0 bridgehead atoms. The first-order valence-corrected chi connectivity index (χ1v) is 8.06. The molecule has 1 unspecified atom stereocenters. The van der Waals surface area contributed by atoms with Crippen molar-refractivity contribution in [3.8, 4) is 11.5 Å². The van der Waals surface area contributed by atoms with Gasteiger partial charge in [0, 0.05) is 23.3 Å². The van der Waals surface area contributed by atoms with Gasteiger partial charge in [-0.15, -0.1) is 0 Å². The van der Waals surface area contributed by atoms with E-state index in [2.05, 4.69) is 5.32 Å². The number of carbonyl (C=O) groups excluding carboxylic acids is 1. The van der Waals surface area contributed by atoms with Gasteiger partial charge < -0.3 is 14.8 Å². The van der Waals surface area contributed by atoms with Gasteiger partial charge in [0.15, 0.2) is 11.5 Å². The predicted molar refractivity (Wildman–Crippen MR) is 93.6 cm³/mol. The fraction of sp³-hybridized carbons (Fsp3) is 0.278. The summed E-state index contributed by atoms with van der Waals surface area (Å²) in [7, 11) is 1.90. The summed E-state index contributed by atoms with van der Waals surface area (Å²) in [4.78, 5) is 14.4. The summed E-state index contributed by atoms with van der Waals surface area (Å²) in [6.45, 7) is 2.66. The van der Waals surface area contributed by atoms with Gasteiger partial charge in [0.2, 0.25) is 12.7 Å². The van der Waals surface area contributed by atoms with Gasteiger partial charge in [-0.1, -0.05) is 29.8 Å². The van der Waals surface area contributed by atoms with Crippen molar-refractivity contribution in [3.05, 3.63) is 53.1 Å². The van der Waals surface area contributed by atoms with E-state index in [-0.39, 0.29) is 18.7 Å². The van der Waals surface area contributed by atoms with Gasteiger partial charge >= 0.3 is 0 Å². The maximum atomic E-state index is 12.5. The van der Waals surface area contributed by atoms with Crippen molar-refractivity contribution in [2.45, 2.75) is 19.5 Å². The first kappa shape index (κ1) is 16.6. The second kappa shape index (κ2) is 7.11. The van der Waals surface area contributed by atoms with Gasteiger partial charge in [-0.05, 0) is 37.7 Å². The van der Waals surface area contributed by atoms with E-state index < -0.39 is 0 Å². The van der Waals surface area contributed by atoms with E-state index in [9.17, 15) is 4.79 Å². The SMILES string of the molecule is CC(C(=O)Nc1ccc2c(c1)OCO2)N(C)Cc1ccccc1Cl. The lowest BCUT2D eigenvalue weighted by Gasteiger charge is -2.24. The maximum Gasteiger partial charge on any atom is 0.241 e. The van der Waals surface area contributed by atoms with Gasteiger partial charge in [0.25, 0.3) is 0 Å². The first-order chi connectivity index (χ1) is 11.5. The number of carbonyl (C=O) groups is 1. The summed E-state index contributed by atoms with van der Waals surface area (Å²) >= 11 is 6.18. The Morgan fingerprint density at radius 1 is 1.25 bits per heavy atom. The van der Waals surface area contributed by atoms with E-state index in [1.807, 2.05) is 43.1 Å². The van der Waals surface area contributed by atoms with E-state index in [4.69, 9.17) is 21.1 Å². The molecule has 5 nitrogen and oxygen atoms in total. The van der Waals surface area contributed by atoms with Crippen molar-refractivity contribution >= 4 is 23.2 Å². The van der Waals surface area contributed by atoms with Gasteiger partial charge in [-0.2, -0.15) is 0 Å². The van der Waals surface area contributed by atoms with Crippen LogP contribution >= 0.6 is 11.6 Å². The molecule has 0 saturated heterocycles. The molecule has 1 aliphatic heterocycles. The number of fused-ring (bicyclic) bond motifs is 1. The normalized spacial score (nSPS) is 13.8. The molecule has 3 rings (SSSR count). The Morgan fingerprint density at radius 3 is 2.79 bits per heavy atom. The standard InChI is InChI=1S/C18H19ClN2O3/c1-12(21(2)10-13-5-3-4-6-15(13)19)18(22)20-14-7-8-16-17(9-14)24-11-23-16/h3-9,12H,10-11H2,1-2H3,(H,20,22). The number of ether oxygens (including phenoxy) is 2. The molecular weight excluding hydrogens is 328 g/mol. The zero-order chi connectivity index (χ0) is 17.1. The molecule has 6 heteroatoms. The van der Waals surface area contributed by atoms with E-state index >= 15 is 0 Å². The number of nitrogens with zero attached hydrogens (tertiary/aromatic N) is 1. The molecule has 2 aromatic carbocycles. The lowest BCUT2D eigenvalue weighted by Crippen LogP contribution is -2.39. The summed E-state index contributed by atoms with van der Waals surface area (Å²) in [6.07, 6.45) is 0. The Bertz CT molecular complexity index is 751. The third-order valence-electron chi connectivity index (χ3n) is 4.06. The maximum absolute atomic E-state index is 12.5. The fourth-order valence-corrected chi connectivity index (χ4v) is 2.65. The van der Waals surface area contributed by atoms with Crippen molar-refractivity contribution in [2.24, 2.45) is 0 Å². The zero-order valence-electron chi connectivity index (χ0n) is 13.6. The third kappa shape index (κ3) is 3.63. The molecule has 1 amide bonds. The van der Waals surface area contributed by atoms with Crippen LogP contribution in [-0.4, -0.2) is 30.7 Å². The Morgan fingerprint density at radius 2 is 2.00 bits per heavy atom. The van der Waals surface area contributed by atoms with Crippen molar-refractivity contribution < 1.29 is 14.3 Å². The van der Waals surface area contributed by atoms with E-state index in [1.54, 1.807) is 18.2 Å². The van der Waals surface area contributed by atoms with Crippen LogP contribution in [0.5, 0.6) is 11.5 Å². The molecule has 0 spiro atoms. The van der Waals surface area contributed by atoms with Crippen LogP contribution in [0.25, 0.3) is 0 Å². The number of rotatable bonds is 5. The number of benzene rings is 2. The molecule has 1 N–H and O–H groups in total. The minimum atomic E-state index is -0.313. The summed E-state index contributed by atoms with van der Waals surface area (Å²) in [5.41, 5.74) is 1.67. The molecule has 0 aliphatic carbocycles. The minimum absolute atomic E-state index is 0.0941. The van der Waals surface area contributed by atoms with Gasteiger partial charge in [0.05, 0.1) is 6.04 Å². The van der Waals surface area contributed by atoms with E-state index in [0.29, 0.717) is 28.8 Å². The van der Waals surface area contributed by atoms with E-state index in [0.717, 1.165) is 5.56 Å². The highest BCUT2D eigenvalue weighted by Crippen LogP contribution is 2.34. The first-order valence-electron chi connectivity index (χ1n) is 7.69. The molecule has 1 atom stereocenters. The number of amides is 1. The van der Waals surface area contributed by atoms with Crippen LogP contribution in [0.3, 0.4) is 0 Å². The van der Waals surface area contributed by atoms with Crippen LogP contribution in [-0.2, 0) is 11.3 Å². The third-order valence-corrected chi connectivity index (χ3v) is 4.43. The van der Waals surface area contributed by atoms with Gasteiger partial charge in [-0.25, -0.2) is 0 Å². The molecule has 0 aromatic heterocycles. The summed E-state index contributed by atoms with van der Waals surface area (Å²) in [6, 6.07) is 12.7. The minimum Gasteiger partial charge on any atom is -0.454 e. The summed E-state index contributed by atoms with van der Waals surface area (Å²) in [5, 5.41) is 3.61. The number of likely N-dealkylation sites (N-methyl/N-ethyl adjacent to an activating group) is 1. The highest BCUT2D eigenvalue weighted by atomic mass is 35.5. The highest BCUT2D eigenvalue weighted by molar-refractivity contribution is 6.31. The lowest BCUT2D eigenvalue weighted by atomic mass is 10.2. The summed E-state index contributed by atoms with van der Waals surface area (Å²) in [5.74, 6) is 1.24.